The fourth-order valence-corrected chi connectivity index (χ4v) is 5.96. The fraction of sp³-hybridized carbons (Fsp3) is 0.231. The summed E-state index contributed by atoms with van der Waals surface area (Å²) >= 11 is 0.971. The molecule has 15 nitrogen and oxygen atoms in total. The summed E-state index contributed by atoms with van der Waals surface area (Å²) in [5, 5.41) is 11.6. The maximum atomic E-state index is 12.9. The fourth-order valence-electron chi connectivity index (χ4n) is 3.67. The maximum Gasteiger partial charge on any atom is 0.413 e. The molecule has 2 amide bonds. The highest BCUT2D eigenvalue weighted by molar-refractivity contribution is 7.91. The van der Waals surface area contributed by atoms with Crippen LogP contribution in [0.3, 0.4) is 0 Å². The topological polar surface area (TPSA) is 199 Å². The number of carbonyl (C=O) groups is 3. The molecule has 3 N–H and O–H groups in total. The van der Waals surface area contributed by atoms with Crippen molar-refractivity contribution in [3.63, 3.8) is 0 Å². The molecule has 4 aromatic rings. The number of aromatic nitrogens is 3. The average Bonchev–Trinajstić information content (AvgIpc) is 3.43. The number of carboxylic acids is 1. The Morgan fingerprint density at radius 3 is 2.49 bits per heavy atom. The molecule has 0 aliphatic heterocycles. The van der Waals surface area contributed by atoms with E-state index in [-0.39, 0.29) is 29.9 Å². The van der Waals surface area contributed by atoms with Gasteiger partial charge in [-0.05, 0) is 35.9 Å². The summed E-state index contributed by atoms with van der Waals surface area (Å²) in [6.45, 7) is -1.95. The number of benzene rings is 2. The van der Waals surface area contributed by atoms with E-state index in [2.05, 4.69) is 20.0 Å². The summed E-state index contributed by atoms with van der Waals surface area (Å²) in [7, 11) is -2.49. The zero-order valence-corrected chi connectivity index (χ0v) is 24.3. The molecule has 0 fully saturated rings. The van der Waals surface area contributed by atoms with Crippen molar-refractivity contribution in [3.05, 3.63) is 76.8 Å². The standard InChI is InChI=1S/C26H26N6O9S2/c1-40-18-8-6-17(7-9-18)16-41-25(37)30-21-10-12-32(24(36)29-21)14-22(33)31(15-23(34)35)13-11-27-43(38,39)26-28-19-4-2-3-5-20(19)42-26/h2-10,12,27H,11,13-16H2,1H3,(H,34,35)(H,29,30,36,37). The number of carboxylic acid groups (broad SMARTS) is 1. The molecule has 0 unspecified atom stereocenters. The van der Waals surface area contributed by atoms with Crippen LogP contribution in [0.25, 0.3) is 10.2 Å². The Kier molecular flexibility index (Phi) is 10.0. The van der Waals surface area contributed by atoms with Gasteiger partial charge >= 0.3 is 17.8 Å². The lowest BCUT2D eigenvalue weighted by Gasteiger charge is -2.21. The third kappa shape index (κ3) is 8.57. The summed E-state index contributed by atoms with van der Waals surface area (Å²) in [6.07, 6.45) is 0.332. The Labute approximate surface area is 248 Å². The molecule has 0 aliphatic carbocycles. The van der Waals surface area contributed by atoms with Crippen molar-refractivity contribution in [2.45, 2.75) is 17.5 Å². The van der Waals surface area contributed by atoms with E-state index in [4.69, 9.17) is 9.47 Å². The van der Waals surface area contributed by atoms with Gasteiger partial charge in [-0.2, -0.15) is 4.98 Å². The van der Waals surface area contributed by atoms with Gasteiger partial charge in [-0.3, -0.25) is 19.5 Å². The SMILES string of the molecule is COc1ccc(COC(=O)Nc2ccn(CC(=O)N(CCNS(=O)(=O)c3nc4ccccc4s3)CC(=O)O)c(=O)n2)cc1. The Hall–Kier alpha value is -4.87. The van der Waals surface area contributed by atoms with E-state index in [1.807, 2.05) is 0 Å². The van der Waals surface area contributed by atoms with Crippen LogP contribution in [0.5, 0.6) is 5.75 Å². The molecule has 0 atom stereocenters. The number of anilines is 1. The quantitative estimate of drug-likeness (QED) is 0.193. The van der Waals surface area contributed by atoms with Gasteiger partial charge in [0.05, 0.1) is 17.3 Å². The van der Waals surface area contributed by atoms with E-state index in [0.717, 1.165) is 20.8 Å². The smallest absolute Gasteiger partial charge is 0.413 e. The van der Waals surface area contributed by atoms with Crippen LogP contribution in [0, 0.1) is 0 Å². The first kappa shape index (κ1) is 31.1. The second-order valence-corrected chi connectivity index (χ2v) is 11.8. The molecule has 4 rings (SSSR count). The number of amides is 2. The van der Waals surface area contributed by atoms with E-state index in [0.29, 0.717) is 21.5 Å². The van der Waals surface area contributed by atoms with Gasteiger partial charge in [0.15, 0.2) is 0 Å². The third-order valence-corrected chi connectivity index (χ3v) is 8.67. The summed E-state index contributed by atoms with van der Waals surface area (Å²) in [5.74, 6) is -1.58. The number of thiazole rings is 1. The van der Waals surface area contributed by atoms with Crippen LogP contribution in [-0.4, -0.2) is 77.7 Å². The van der Waals surface area contributed by atoms with Gasteiger partial charge < -0.3 is 19.5 Å². The zero-order chi connectivity index (χ0) is 31.0. The number of carbonyl (C=O) groups excluding carboxylic acids is 2. The maximum absolute atomic E-state index is 12.9. The molecular weight excluding hydrogens is 604 g/mol. The lowest BCUT2D eigenvalue weighted by molar-refractivity contribution is -0.144. The molecular formula is C26H26N6O9S2. The molecule has 0 radical (unpaired) electrons. The summed E-state index contributed by atoms with van der Waals surface area (Å²) < 4.78 is 39.3. The van der Waals surface area contributed by atoms with E-state index >= 15 is 0 Å². The van der Waals surface area contributed by atoms with Gasteiger partial charge in [0, 0.05) is 19.3 Å². The minimum atomic E-state index is -4.02. The van der Waals surface area contributed by atoms with Crippen LogP contribution in [0.4, 0.5) is 10.6 Å². The van der Waals surface area contributed by atoms with Gasteiger partial charge in [-0.15, -0.1) is 11.3 Å². The highest BCUT2D eigenvalue weighted by atomic mass is 32.2. The highest BCUT2D eigenvalue weighted by Gasteiger charge is 2.22. The molecule has 0 aliphatic rings. The number of nitrogens with one attached hydrogen (secondary N) is 2. The third-order valence-electron chi connectivity index (χ3n) is 5.80. The number of rotatable bonds is 13. The van der Waals surface area contributed by atoms with Gasteiger partial charge in [0.1, 0.15) is 31.3 Å². The normalized spacial score (nSPS) is 11.2. The van der Waals surface area contributed by atoms with Crippen LogP contribution in [0.2, 0.25) is 0 Å². The molecule has 17 heteroatoms. The predicted molar refractivity (Wildman–Crippen MR) is 154 cm³/mol. The molecule has 0 saturated heterocycles. The Balaban J connectivity index is 1.32. The minimum absolute atomic E-state index is 0.0441. The van der Waals surface area contributed by atoms with Gasteiger partial charge in [-0.1, -0.05) is 24.3 Å². The van der Waals surface area contributed by atoms with Crippen molar-refractivity contribution in [2.24, 2.45) is 0 Å². The number of fused-ring (bicyclic) bond motifs is 1. The van der Waals surface area contributed by atoms with Crippen molar-refractivity contribution in [1.29, 1.82) is 0 Å². The first-order chi connectivity index (χ1) is 20.5. The van der Waals surface area contributed by atoms with E-state index in [1.54, 1.807) is 48.5 Å². The molecule has 43 heavy (non-hydrogen) atoms. The number of nitrogens with zero attached hydrogens (tertiary/aromatic N) is 4. The van der Waals surface area contributed by atoms with Crippen molar-refractivity contribution in [1.82, 2.24) is 24.2 Å². The molecule has 0 saturated carbocycles. The van der Waals surface area contributed by atoms with Gasteiger partial charge in [-0.25, -0.2) is 27.7 Å². The van der Waals surface area contributed by atoms with Crippen molar-refractivity contribution < 1.29 is 37.4 Å². The van der Waals surface area contributed by atoms with Gasteiger partial charge in [0.25, 0.3) is 10.0 Å². The highest BCUT2D eigenvalue weighted by Crippen LogP contribution is 2.24. The molecule has 0 spiro atoms. The lowest BCUT2D eigenvalue weighted by atomic mass is 10.2. The monoisotopic (exact) mass is 630 g/mol. The number of ether oxygens (including phenoxy) is 2. The number of methoxy groups -OCH3 is 1. The van der Waals surface area contributed by atoms with E-state index < -0.39 is 46.8 Å². The number of para-hydroxylation sites is 1. The first-order valence-corrected chi connectivity index (χ1v) is 14.8. The van der Waals surface area contributed by atoms with E-state index in [9.17, 15) is 32.7 Å². The molecule has 2 aromatic carbocycles. The van der Waals surface area contributed by atoms with Gasteiger partial charge in [0.2, 0.25) is 10.2 Å². The molecule has 2 aromatic heterocycles. The van der Waals surface area contributed by atoms with Crippen LogP contribution in [0.15, 0.2) is 69.9 Å². The second-order valence-electron chi connectivity index (χ2n) is 8.83. The largest absolute Gasteiger partial charge is 0.497 e. The zero-order valence-electron chi connectivity index (χ0n) is 22.6. The summed E-state index contributed by atoms with van der Waals surface area (Å²) in [5.41, 5.74) is 0.322. The lowest BCUT2D eigenvalue weighted by Crippen LogP contribution is -2.43. The minimum Gasteiger partial charge on any atom is -0.497 e. The number of aliphatic carboxylic acids is 1. The van der Waals surface area contributed by atoms with Crippen molar-refractivity contribution in [2.75, 3.05) is 32.1 Å². The van der Waals surface area contributed by atoms with Crippen LogP contribution in [-0.2, 0) is 37.5 Å². The summed E-state index contributed by atoms with van der Waals surface area (Å²) in [4.78, 5) is 57.5. The Bertz CT molecular complexity index is 1760. The van der Waals surface area contributed by atoms with Crippen LogP contribution < -0.4 is 20.5 Å². The Morgan fingerprint density at radius 2 is 1.81 bits per heavy atom. The van der Waals surface area contributed by atoms with Crippen LogP contribution >= 0.6 is 11.3 Å². The van der Waals surface area contributed by atoms with Crippen molar-refractivity contribution >= 4 is 55.4 Å². The number of hydrogen-bond donors (Lipinski definition) is 3. The Morgan fingerprint density at radius 1 is 1.07 bits per heavy atom. The second kappa shape index (κ2) is 13.9. The predicted octanol–water partition coefficient (Wildman–Crippen LogP) is 1.50. The molecule has 2 heterocycles. The van der Waals surface area contributed by atoms with Crippen molar-refractivity contribution in [3.8, 4) is 5.75 Å². The number of sulfonamides is 1. The molecule has 226 valence electrons. The first-order valence-electron chi connectivity index (χ1n) is 12.5. The van der Waals surface area contributed by atoms with Crippen LogP contribution in [0.1, 0.15) is 5.56 Å². The average molecular weight is 631 g/mol. The molecule has 0 bridgehead atoms. The summed E-state index contributed by atoms with van der Waals surface area (Å²) in [6, 6.07) is 15.0. The number of hydrogen-bond acceptors (Lipinski definition) is 11. The van der Waals surface area contributed by atoms with E-state index in [1.165, 1.54) is 19.4 Å².